The minimum Gasteiger partial charge on any atom is -0.206 e. The van der Waals surface area contributed by atoms with Crippen molar-refractivity contribution in [2.45, 2.75) is 57.8 Å². The summed E-state index contributed by atoms with van der Waals surface area (Å²) in [5.41, 5.74) is 7.47. The molecule has 0 atom stereocenters. The summed E-state index contributed by atoms with van der Waals surface area (Å²) >= 11 is 0. The summed E-state index contributed by atoms with van der Waals surface area (Å²) in [6, 6.07) is 25.8. The second-order valence-electron chi connectivity index (χ2n) is 11.0. The predicted octanol–water partition coefficient (Wildman–Crippen LogP) is 8.34. The maximum absolute atomic E-state index is 15.0. The highest BCUT2D eigenvalue weighted by Crippen LogP contribution is 2.40. The van der Waals surface area contributed by atoms with E-state index in [0.717, 1.165) is 22.4 Å². The third-order valence-corrected chi connectivity index (χ3v) is 11.3. The van der Waals surface area contributed by atoms with Crippen LogP contribution in [0.1, 0.15) is 35.6 Å². The fraction of sp³-hybridized carbons (Fsp3) is 0.323. The van der Waals surface area contributed by atoms with Gasteiger partial charge in [0, 0.05) is 26.6 Å². The lowest BCUT2D eigenvalue weighted by Crippen LogP contribution is -2.35. The molecular weight excluding hydrogens is 433 g/mol. The van der Waals surface area contributed by atoms with Crippen LogP contribution >= 0.6 is 0 Å². The molecule has 1 nitrogen and oxygen atoms in total. The van der Waals surface area contributed by atoms with Crippen molar-refractivity contribution in [3.63, 3.8) is 0 Å². The first-order chi connectivity index (χ1) is 16.2. The highest BCUT2D eigenvalue weighted by Gasteiger charge is 2.30. The van der Waals surface area contributed by atoms with E-state index in [1.54, 1.807) is 6.07 Å². The molecule has 1 aliphatic heterocycles. The van der Waals surface area contributed by atoms with Crippen LogP contribution < -0.4 is 4.57 Å². The number of pyridine rings is 1. The molecule has 0 N–H and O–H groups in total. The Kier molecular flexibility index (Phi) is 5.93. The molecule has 1 aromatic heterocycles. The molecule has 1 saturated heterocycles. The van der Waals surface area contributed by atoms with Gasteiger partial charge in [-0.05, 0) is 66.0 Å². The van der Waals surface area contributed by atoms with E-state index in [4.69, 9.17) is 0 Å². The van der Waals surface area contributed by atoms with Gasteiger partial charge in [0.1, 0.15) is 12.9 Å². The zero-order chi connectivity index (χ0) is 24.0. The smallest absolute Gasteiger partial charge is 0.206 e. The van der Waals surface area contributed by atoms with Gasteiger partial charge in [0.25, 0.3) is 0 Å². The standard InChI is InChI=1S/C31H35FNSi/c1-21-17-30(32)29(24-9-7-6-8-10-24)20-28(21)31-27-12-11-25(19-26(27)18-22(2)33(31)3)23-13-15-34(4,5)16-14-23/h6-12,17-20,23H,13-16H2,1-5H3/q+1. The largest absolute Gasteiger partial charge is 0.220 e. The Morgan fingerprint density at radius 2 is 1.56 bits per heavy atom. The second-order valence-corrected chi connectivity index (χ2v) is 16.3. The summed E-state index contributed by atoms with van der Waals surface area (Å²) in [4.78, 5) is 0. The maximum atomic E-state index is 15.0. The molecule has 1 aliphatic rings. The molecule has 0 radical (unpaired) electrons. The third kappa shape index (κ3) is 4.22. The van der Waals surface area contributed by atoms with Gasteiger partial charge in [-0.1, -0.05) is 67.6 Å². The summed E-state index contributed by atoms with van der Waals surface area (Å²) in [6.07, 6.45) is 2.66. The molecule has 3 heteroatoms. The van der Waals surface area contributed by atoms with Crippen LogP contribution in [0.15, 0.2) is 66.7 Å². The van der Waals surface area contributed by atoms with Crippen LogP contribution in [-0.4, -0.2) is 8.07 Å². The lowest BCUT2D eigenvalue weighted by molar-refractivity contribution is -0.665. The van der Waals surface area contributed by atoms with Crippen molar-refractivity contribution in [3.05, 3.63) is 89.4 Å². The molecule has 3 aromatic carbocycles. The number of aryl methyl sites for hydroxylation is 2. The monoisotopic (exact) mass is 468 g/mol. The van der Waals surface area contributed by atoms with Crippen molar-refractivity contribution in [2.24, 2.45) is 7.05 Å². The number of rotatable bonds is 3. The third-order valence-electron chi connectivity index (χ3n) is 8.02. The van der Waals surface area contributed by atoms with Crippen LogP contribution in [0.2, 0.25) is 25.2 Å². The number of fused-ring (bicyclic) bond motifs is 1. The summed E-state index contributed by atoms with van der Waals surface area (Å²) in [5.74, 6) is 0.512. The molecule has 0 aliphatic carbocycles. The molecule has 0 amide bonds. The lowest BCUT2D eigenvalue weighted by Gasteiger charge is -2.33. The lowest BCUT2D eigenvalue weighted by atomic mass is 9.89. The SMILES string of the molecule is Cc1cc(F)c(-c2ccccc2)cc1-c1c2ccc(C3CC[Si](C)(C)CC3)cc2cc(C)[n+]1C. The van der Waals surface area contributed by atoms with Crippen molar-refractivity contribution in [3.8, 4) is 22.4 Å². The highest BCUT2D eigenvalue weighted by atomic mass is 28.3. The average molecular weight is 469 g/mol. The number of hydrogen-bond acceptors (Lipinski definition) is 0. The maximum Gasteiger partial charge on any atom is 0.220 e. The first-order valence-electron chi connectivity index (χ1n) is 12.5. The Hall–Kier alpha value is -2.78. The van der Waals surface area contributed by atoms with Gasteiger partial charge in [0.05, 0.1) is 10.9 Å². The van der Waals surface area contributed by atoms with Gasteiger partial charge in [0.2, 0.25) is 5.69 Å². The first-order valence-corrected chi connectivity index (χ1v) is 15.9. The molecule has 2 heterocycles. The molecule has 174 valence electrons. The normalized spacial score (nSPS) is 16.2. The van der Waals surface area contributed by atoms with Gasteiger partial charge in [-0.2, -0.15) is 4.57 Å². The van der Waals surface area contributed by atoms with Crippen molar-refractivity contribution in [2.75, 3.05) is 0 Å². The number of hydrogen-bond donors (Lipinski definition) is 0. The van der Waals surface area contributed by atoms with E-state index < -0.39 is 8.07 Å². The van der Waals surface area contributed by atoms with Crippen molar-refractivity contribution in [1.29, 1.82) is 0 Å². The van der Waals surface area contributed by atoms with E-state index in [1.807, 2.05) is 43.3 Å². The first kappa shape index (κ1) is 23.0. The van der Waals surface area contributed by atoms with Gasteiger partial charge in [-0.3, -0.25) is 0 Å². The Balaban J connectivity index is 1.65. The van der Waals surface area contributed by atoms with Gasteiger partial charge in [-0.25, -0.2) is 4.39 Å². The van der Waals surface area contributed by atoms with Crippen molar-refractivity contribution < 1.29 is 8.96 Å². The minimum absolute atomic E-state index is 0.168. The Morgan fingerprint density at radius 1 is 0.853 bits per heavy atom. The molecule has 0 saturated carbocycles. The van der Waals surface area contributed by atoms with Crippen molar-refractivity contribution in [1.82, 2.24) is 0 Å². The zero-order valence-electron chi connectivity index (χ0n) is 21.1. The molecule has 0 bridgehead atoms. The van der Waals surface area contributed by atoms with Crippen LogP contribution in [0.25, 0.3) is 33.2 Å². The van der Waals surface area contributed by atoms with E-state index in [2.05, 4.69) is 55.9 Å². The van der Waals surface area contributed by atoms with E-state index >= 15 is 4.39 Å². The molecular formula is C31H35FNSi+. The quantitative estimate of drug-likeness (QED) is 0.210. The van der Waals surface area contributed by atoms with E-state index in [1.165, 1.54) is 47.0 Å². The minimum atomic E-state index is -0.967. The van der Waals surface area contributed by atoms with Crippen LogP contribution in [0, 0.1) is 19.7 Å². The summed E-state index contributed by atoms with van der Waals surface area (Å²) < 4.78 is 17.3. The van der Waals surface area contributed by atoms with Crippen LogP contribution in [0.3, 0.4) is 0 Å². The fourth-order valence-electron chi connectivity index (χ4n) is 5.67. The summed E-state index contributed by atoms with van der Waals surface area (Å²) in [7, 11) is 1.16. The summed E-state index contributed by atoms with van der Waals surface area (Å²) in [5, 5.41) is 2.52. The molecule has 5 rings (SSSR count). The van der Waals surface area contributed by atoms with Crippen LogP contribution in [-0.2, 0) is 7.05 Å². The Labute approximate surface area is 204 Å². The fourth-order valence-corrected chi connectivity index (χ4v) is 8.18. The molecule has 34 heavy (non-hydrogen) atoms. The topological polar surface area (TPSA) is 3.88 Å². The molecule has 0 unspecified atom stereocenters. The zero-order valence-corrected chi connectivity index (χ0v) is 22.1. The molecule has 4 aromatic rings. The molecule has 0 spiro atoms. The van der Waals surface area contributed by atoms with Gasteiger partial charge in [-0.15, -0.1) is 0 Å². The average Bonchev–Trinajstić information content (AvgIpc) is 2.81. The number of aromatic nitrogens is 1. The Morgan fingerprint density at radius 3 is 2.26 bits per heavy atom. The van der Waals surface area contributed by atoms with Gasteiger partial charge in [0.15, 0.2) is 5.69 Å². The number of halogens is 1. The van der Waals surface area contributed by atoms with Crippen molar-refractivity contribution >= 4 is 18.8 Å². The van der Waals surface area contributed by atoms with Crippen LogP contribution in [0.4, 0.5) is 4.39 Å². The predicted molar refractivity (Wildman–Crippen MR) is 144 cm³/mol. The Bertz CT molecular complexity index is 1360. The molecule has 1 fully saturated rings. The number of benzene rings is 3. The highest BCUT2D eigenvalue weighted by molar-refractivity contribution is 6.77. The van der Waals surface area contributed by atoms with E-state index in [0.29, 0.717) is 11.5 Å². The summed E-state index contributed by atoms with van der Waals surface area (Å²) in [6.45, 7) is 9.26. The number of nitrogens with zero attached hydrogens (tertiary/aromatic N) is 1. The van der Waals surface area contributed by atoms with E-state index in [-0.39, 0.29) is 5.82 Å². The van der Waals surface area contributed by atoms with E-state index in [9.17, 15) is 0 Å². The van der Waals surface area contributed by atoms with Gasteiger partial charge < -0.3 is 0 Å². The van der Waals surface area contributed by atoms with Crippen LogP contribution in [0.5, 0.6) is 0 Å². The van der Waals surface area contributed by atoms with Gasteiger partial charge >= 0.3 is 0 Å². The second kappa shape index (κ2) is 8.78.